The molecular weight excluding hydrogens is 278 g/mol. The van der Waals surface area contributed by atoms with Crippen LogP contribution in [-0.4, -0.2) is 23.2 Å². The number of hydrogen-bond donors (Lipinski definition) is 1. The molecule has 1 aromatic carbocycles. The monoisotopic (exact) mass is 296 g/mol. The molecular formula is C13H18BFN2O4. The molecule has 114 valence electrons. The zero-order valence-corrected chi connectivity index (χ0v) is 12.4. The number of nitrogens with zero attached hydrogens (tertiary/aromatic N) is 1. The van der Waals surface area contributed by atoms with Crippen LogP contribution in [0.3, 0.4) is 0 Å². The lowest BCUT2D eigenvalue weighted by Crippen LogP contribution is -2.41. The van der Waals surface area contributed by atoms with E-state index in [1.807, 2.05) is 27.7 Å². The summed E-state index contributed by atoms with van der Waals surface area (Å²) in [7, 11) is -0.750. The fraction of sp³-hybridized carbons (Fsp3) is 0.538. The maximum absolute atomic E-state index is 13.4. The second-order valence-corrected chi connectivity index (χ2v) is 6.12. The highest BCUT2D eigenvalue weighted by atomic mass is 19.1. The van der Waals surface area contributed by atoms with E-state index in [4.69, 9.17) is 15.0 Å². The molecule has 0 unspecified atom stereocenters. The van der Waals surface area contributed by atoms with Crippen LogP contribution < -0.4 is 5.73 Å². The van der Waals surface area contributed by atoms with E-state index < -0.39 is 40.7 Å². The lowest BCUT2D eigenvalue weighted by Gasteiger charge is -2.32. The predicted molar refractivity (Wildman–Crippen MR) is 76.1 cm³/mol. The van der Waals surface area contributed by atoms with Gasteiger partial charge in [-0.1, -0.05) is 6.07 Å². The van der Waals surface area contributed by atoms with E-state index in [1.165, 1.54) is 6.07 Å². The van der Waals surface area contributed by atoms with Gasteiger partial charge in [0.15, 0.2) is 0 Å². The molecule has 0 radical (unpaired) electrons. The Bertz CT molecular complexity index is 563. The molecule has 0 spiro atoms. The largest absolute Gasteiger partial charge is 0.480 e. The molecule has 1 aromatic rings. The Hall–Kier alpha value is -1.51. The number of nitro groups is 1. The molecule has 2 N–H and O–H groups in total. The zero-order chi connectivity index (χ0) is 16.0. The van der Waals surface area contributed by atoms with E-state index in [2.05, 4.69) is 0 Å². The van der Waals surface area contributed by atoms with Crippen molar-refractivity contribution in [3.63, 3.8) is 0 Å². The molecule has 0 bridgehead atoms. The number of benzene rings is 1. The van der Waals surface area contributed by atoms with Gasteiger partial charge in [-0.15, -0.1) is 0 Å². The molecule has 0 saturated carbocycles. The third kappa shape index (κ3) is 2.79. The van der Waals surface area contributed by atoms with Gasteiger partial charge in [-0.3, -0.25) is 10.1 Å². The van der Waals surface area contributed by atoms with Crippen LogP contribution in [-0.2, 0) is 9.31 Å². The van der Waals surface area contributed by atoms with Crippen LogP contribution in [0.1, 0.15) is 39.2 Å². The topological polar surface area (TPSA) is 87.6 Å². The SMILES string of the molecule is CC1(C)OB([C@@H](N)c2ccc(F)c([N+](=O)[O-])c2)OC1(C)C. The average molecular weight is 296 g/mol. The second kappa shape index (κ2) is 5.05. The first kappa shape index (κ1) is 15.9. The highest BCUT2D eigenvalue weighted by Crippen LogP contribution is 2.39. The number of hydrogen-bond acceptors (Lipinski definition) is 5. The average Bonchev–Trinajstić information content (AvgIpc) is 2.58. The summed E-state index contributed by atoms with van der Waals surface area (Å²) in [6.07, 6.45) is 0. The van der Waals surface area contributed by atoms with Crippen molar-refractivity contribution >= 4 is 12.8 Å². The summed E-state index contributed by atoms with van der Waals surface area (Å²) in [5, 5.41) is 10.8. The van der Waals surface area contributed by atoms with Crippen molar-refractivity contribution in [2.75, 3.05) is 0 Å². The van der Waals surface area contributed by atoms with Gasteiger partial charge in [0.05, 0.1) is 22.1 Å². The van der Waals surface area contributed by atoms with Crippen LogP contribution in [0.4, 0.5) is 10.1 Å². The number of rotatable bonds is 3. The molecule has 1 heterocycles. The third-order valence-corrected chi connectivity index (χ3v) is 4.12. The third-order valence-electron chi connectivity index (χ3n) is 4.12. The number of nitro benzene ring substituents is 1. The molecule has 1 fully saturated rings. The molecule has 1 aliphatic rings. The lowest BCUT2D eigenvalue weighted by molar-refractivity contribution is -0.387. The molecule has 1 saturated heterocycles. The Balaban J connectivity index is 2.28. The van der Waals surface area contributed by atoms with Crippen molar-refractivity contribution in [2.24, 2.45) is 5.73 Å². The minimum Gasteiger partial charge on any atom is -0.402 e. The molecule has 0 aliphatic carbocycles. The molecule has 1 aliphatic heterocycles. The highest BCUT2D eigenvalue weighted by Gasteiger charge is 2.53. The van der Waals surface area contributed by atoms with Crippen LogP contribution in [0.15, 0.2) is 18.2 Å². The van der Waals surface area contributed by atoms with Crippen LogP contribution in [0.5, 0.6) is 0 Å². The van der Waals surface area contributed by atoms with Crippen LogP contribution in [0.2, 0.25) is 0 Å². The van der Waals surface area contributed by atoms with E-state index in [1.54, 1.807) is 0 Å². The van der Waals surface area contributed by atoms with Gasteiger partial charge in [-0.25, -0.2) is 0 Å². The second-order valence-electron chi connectivity index (χ2n) is 6.12. The van der Waals surface area contributed by atoms with Crippen LogP contribution in [0.25, 0.3) is 0 Å². The summed E-state index contributed by atoms with van der Waals surface area (Å²) < 4.78 is 25.0. The van der Waals surface area contributed by atoms with Crippen molar-refractivity contribution in [3.05, 3.63) is 39.7 Å². The first-order valence-electron chi connectivity index (χ1n) is 6.60. The molecule has 1 atom stereocenters. The quantitative estimate of drug-likeness (QED) is 0.525. The van der Waals surface area contributed by atoms with Gasteiger partial charge in [-0.2, -0.15) is 4.39 Å². The Morgan fingerprint density at radius 2 is 1.81 bits per heavy atom. The van der Waals surface area contributed by atoms with Gasteiger partial charge in [-0.05, 0) is 39.3 Å². The van der Waals surface area contributed by atoms with Crippen molar-refractivity contribution < 1.29 is 18.6 Å². The zero-order valence-electron chi connectivity index (χ0n) is 12.4. The van der Waals surface area contributed by atoms with Crippen molar-refractivity contribution in [2.45, 2.75) is 44.8 Å². The maximum Gasteiger partial charge on any atom is 0.480 e. The highest BCUT2D eigenvalue weighted by molar-refractivity contribution is 6.47. The molecule has 21 heavy (non-hydrogen) atoms. The van der Waals surface area contributed by atoms with Crippen molar-refractivity contribution in [1.29, 1.82) is 0 Å². The Labute approximate surface area is 122 Å². The van der Waals surface area contributed by atoms with E-state index in [9.17, 15) is 14.5 Å². The predicted octanol–water partition coefficient (Wildman–Crippen LogP) is 2.37. The molecule has 8 heteroatoms. The van der Waals surface area contributed by atoms with Crippen molar-refractivity contribution in [1.82, 2.24) is 0 Å². The Morgan fingerprint density at radius 1 is 1.29 bits per heavy atom. The lowest BCUT2D eigenvalue weighted by atomic mass is 9.75. The van der Waals surface area contributed by atoms with Gasteiger partial charge < -0.3 is 15.0 Å². The van der Waals surface area contributed by atoms with Gasteiger partial charge in [0, 0.05) is 6.07 Å². The maximum atomic E-state index is 13.4. The summed E-state index contributed by atoms with van der Waals surface area (Å²) >= 11 is 0. The van der Waals surface area contributed by atoms with Gasteiger partial charge >= 0.3 is 12.8 Å². The number of nitrogens with two attached hydrogens (primary N) is 1. The van der Waals surface area contributed by atoms with Crippen LogP contribution in [0, 0.1) is 15.9 Å². The smallest absolute Gasteiger partial charge is 0.402 e. The fourth-order valence-electron chi connectivity index (χ4n) is 2.07. The summed E-state index contributed by atoms with van der Waals surface area (Å²) in [5.41, 5.74) is 4.74. The Morgan fingerprint density at radius 3 is 2.29 bits per heavy atom. The van der Waals surface area contributed by atoms with E-state index >= 15 is 0 Å². The molecule has 2 rings (SSSR count). The first-order valence-corrected chi connectivity index (χ1v) is 6.60. The molecule has 6 nitrogen and oxygen atoms in total. The van der Waals surface area contributed by atoms with Gasteiger partial charge in [0.25, 0.3) is 0 Å². The minimum atomic E-state index is -0.898. The standard InChI is InChI=1S/C13H18BFN2O4/c1-12(2)13(3,4)21-14(20-12)11(16)8-5-6-9(15)10(7-8)17(18)19/h5-7,11H,16H2,1-4H3/t11-/m0/s1. The molecule has 0 aromatic heterocycles. The minimum absolute atomic E-state index is 0.390. The van der Waals surface area contributed by atoms with E-state index in [-0.39, 0.29) is 0 Å². The van der Waals surface area contributed by atoms with E-state index in [0.717, 1.165) is 12.1 Å². The summed E-state index contributed by atoms with van der Waals surface area (Å²) in [5.74, 6) is -1.64. The van der Waals surface area contributed by atoms with E-state index in [0.29, 0.717) is 5.56 Å². The normalized spacial score (nSPS) is 21.3. The van der Waals surface area contributed by atoms with Gasteiger partial charge in [0.2, 0.25) is 5.82 Å². The molecule has 0 amide bonds. The van der Waals surface area contributed by atoms with Gasteiger partial charge in [0.1, 0.15) is 0 Å². The van der Waals surface area contributed by atoms with Crippen molar-refractivity contribution in [3.8, 4) is 0 Å². The Kier molecular flexibility index (Phi) is 3.81. The first-order chi connectivity index (χ1) is 9.55. The fourth-order valence-corrected chi connectivity index (χ4v) is 2.07. The van der Waals surface area contributed by atoms with Crippen LogP contribution >= 0.6 is 0 Å². The summed E-state index contributed by atoms with van der Waals surface area (Å²) in [6.45, 7) is 7.53. The summed E-state index contributed by atoms with van der Waals surface area (Å²) in [4.78, 5) is 10.0. The number of halogens is 1. The summed E-state index contributed by atoms with van der Waals surface area (Å²) in [6, 6.07) is 3.54.